The van der Waals surface area contributed by atoms with E-state index in [1.807, 2.05) is 0 Å². The Morgan fingerprint density at radius 1 is 1.05 bits per heavy atom. The van der Waals surface area contributed by atoms with Crippen molar-refractivity contribution in [2.24, 2.45) is 0 Å². The fraction of sp³-hybridized carbons (Fsp3) is 0.846. The molecule has 0 bridgehead atoms. The zero-order valence-corrected chi connectivity index (χ0v) is 12.8. The standard InChI is InChI=1S/C13H21N3O3S/c1-9(2)20(17,18)16-7-5-11(6-8-16)13-15-14-12(19-13)10-3-4-10/h9-11H,3-8H2,1-2H3. The smallest absolute Gasteiger partial charge is 0.219 e. The molecule has 1 saturated carbocycles. The minimum atomic E-state index is -3.14. The topological polar surface area (TPSA) is 76.3 Å². The van der Waals surface area contributed by atoms with Crippen molar-refractivity contribution in [3.8, 4) is 0 Å². The third kappa shape index (κ3) is 2.61. The lowest BCUT2D eigenvalue weighted by Gasteiger charge is -2.30. The molecule has 1 aromatic rings. The van der Waals surface area contributed by atoms with E-state index in [0.29, 0.717) is 24.9 Å². The first-order chi connectivity index (χ1) is 9.48. The van der Waals surface area contributed by atoms with Gasteiger partial charge in [-0.2, -0.15) is 0 Å². The Kier molecular flexibility index (Phi) is 3.58. The summed E-state index contributed by atoms with van der Waals surface area (Å²) in [6.07, 6.45) is 3.82. The molecule has 112 valence electrons. The van der Waals surface area contributed by atoms with Gasteiger partial charge in [-0.15, -0.1) is 10.2 Å². The number of aromatic nitrogens is 2. The van der Waals surface area contributed by atoms with E-state index in [1.165, 1.54) is 0 Å². The van der Waals surface area contributed by atoms with E-state index < -0.39 is 10.0 Å². The lowest BCUT2D eigenvalue weighted by Crippen LogP contribution is -2.41. The molecule has 6 nitrogen and oxygen atoms in total. The highest BCUT2D eigenvalue weighted by Gasteiger charge is 2.34. The van der Waals surface area contributed by atoms with Crippen molar-refractivity contribution < 1.29 is 12.8 Å². The Hall–Kier alpha value is -0.950. The van der Waals surface area contributed by atoms with Crippen molar-refractivity contribution in [2.75, 3.05) is 13.1 Å². The average Bonchev–Trinajstić information content (AvgIpc) is 3.16. The molecule has 1 saturated heterocycles. The van der Waals surface area contributed by atoms with Crippen LogP contribution in [0.2, 0.25) is 0 Å². The van der Waals surface area contributed by atoms with Crippen molar-refractivity contribution in [3.05, 3.63) is 11.8 Å². The van der Waals surface area contributed by atoms with Gasteiger partial charge >= 0.3 is 0 Å². The monoisotopic (exact) mass is 299 g/mol. The molecule has 1 aliphatic carbocycles. The third-order valence-corrected chi connectivity index (χ3v) is 6.42. The van der Waals surface area contributed by atoms with Gasteiger partial charge in [-0.25, -0.2) is 12.7 Å². The van der Waals surface area contributed by atoms with Crippen LogP contribution in [0.4, 0.5) is 0 Å². The zero-order chi connectivity index (χ0) is 14.3. The Morgan fingerprint density at radius 3 is 2.00 bits per heavy atom. The summed E-state index contributed by atoms with van der Waals surface area (Å²) in [4.78, 5) is 0. The van der Waals surface area contributed by atoms with E-state index in [-0.39, 0.29) is 11.2 Å². The minimum Gasteiger partial charge on any atom is -0.425 e. The highest BCUT2D eigenvalue weighted by atomic mass is 32.2. The van der Waals surface area contributed by atoms with Crippen LogP contribution in [0.25, 0.3) is 0 Å². The summed E-state index contributed by atoms with van der Waals surface area (Å²) in [7, 11) is -3.14. The van der Waals surface area contributed by atoms with Crippen LogP contribution < -0.4 is 0 Å². The summed E-state index contributed by atoms with van der Waals surface area (Å²) in [5.41, 5.74) is 0. The predicted octanol–water partition coefficient (Wildman–Crippen LogP) is 1.86. The number of sulfonamides is 1. The molecular weight excluding hydrogens is 278 g/mol. The number of hydrogen-bond donors (Lipinski definition) is 0. The quantitative estimate of drug-likeness (QED) is 0.848. The Bertz CT molecular complexity index is 569. The largest absolute Gasteiger partial charge is 0.425 e. The summed E-state index contributed by atoms with van der Waals surface area (Å²) in [5, 5.41) is 7.88. The number of rotatable bonds is 4. The maximum Gasteiger partial charge on any atom is 0.219 e. The maximum atomic E-state index is 12.1. The van der Waals surface area contributed by atoms with Gasteiger partial charge in [0.25, 0.3) is 0 Å². The Labute approximate surface area is 119 Å². The fourth-order valence-electron chi connectivity index (χ4n) is 2.56. The van der Waals surface area contributed by atoms with Gasteiger partial charge in [0, 0.05) is 24.9 Å². The molecule has 0 atom stereocenters. The second-order valence-corrected chi connectivity index (χ2v) is 8.51. The summed E-state index contributed by atoms with van der Waals surface area (Å²) in [6, 6.07) is 0. The van der Waals surface area contributed by atoms with Gasteiger partial charge in [-0.1, -0.05) is 0 Å². The van der Waals surface area contributed by atoms with Crippen molar-refractivity contribution in [1.82, 2.24) is 14.5 Å². The molecule has 0 N–H and O–H groups in total. The summed E-state index contributed by atoms with van der Waals surface area (Å²) in [6.45, 7) is 4.54. The van der Waals surface area contributed by atoms with Gasteiger partial charge in [0.05, 0.1) is 5.25 Å². The van der Waals surface area contributed by atoms with E-state index in [1.54, 1.807) is 18.2 Å². The number of piperidine rings is 1. The van der Waals surface area contributed by atoms with E-state index in [2.05, 4.69) is 10.2 Å². The van der Waals surface area contributed by atoms with E-state index in [4.69, 9.17) is 4.42 Å². The minimum absolute atomic E-state index is 0.202. The van der Waals surface area contributed by atoms with Crippen LogP contribution in [0.3, 0.4) is 0 Å². The van der Waals surface area contributed by atoms with Crippen LogP contribution in [-0.2, 0) is 10.0 Å². The van der Waals surface area contributed by atoms with E-state index in [0.717, 1.165) is 31.6 Å². The molecule has 1 aromatic heterocycles. The first-order valence-electron chi connectivity index (χ1n) is 7.30. The lowest BCUT2D eigenvalue weighted by atomic mass is 9.98. The molecule has 20 heavy (non-hydrogen) atoms. The van der Waals surface area contributed by atoms with Crippen LogP contribution in [0, 0.1) is 0 Å². The molecule has 2 heterocycles. The van der Waals surface area contributed by atoms with Gasteiger partial charge in [-0.05, 0) is 39.5 Å². The van der Waals surface area contributed by atoms with Crippen molar-refractivity contribution in [3.63, 3.8) is 0 Å². The normalized spacial score (nSPS) is 22.6. The van der Waals surface area contributed by atoms with Gasteiger partial charge < -0.3 is 4.42 Å². The first-order valence-corrected chi connectivity index (χ1v) is 8.81. The Morgan fingerprint density at radius 2 is 1.55 bits per heavy atom. The molecule has 0 spiro atoms. The van der Waals surface area contributed by atoms with Crippen molar-refractivity contribution in [2.45, 2.75) is 56.6 Å². The van der Waals surface area contributed by atoms with Gasteiger partial charge in [0.2, 0.25) is 21.8 Å². The van der Waals surface area contributed by atoms with Gasteiger partial charge in [0.15, 0.2) is 0 Å². The van der Waals surface area contributed by atoms with Crippen LogP contribution in [-0.4, -0.2) is 41.3 Å². The summed E-state index contributed by atoms with van der Waals surface area (Å²) in [5.74, 6) is 2.12. The van der Waals surface area contributed by atoms with Crippen LogP contribution in [0.1, 0.15) is 63.1 Å². The molecule has 2 aliphatic rings. The molecule has 0 aromatic carbocycles. The highest BCUT2D eigenvalue weighted by Crippen LogP contribution is 2.40. The average molecular weight is 299 g/mol. The van der Waals surface area contributed by atoms with Crippen LogP contribution in [0.5, 0.6) is 0 Å². The zero-order valence-electron chi connectivity index (χ0n) is 11.9. The predicted molar refractivity (Wildman–Crippen MR) is 73.9 cm³/mol. The second kappa shape index (κ2) is 5.11. The first kappa shape index (κ1) is 14.0. The molecular formula is C13H21N3O3S. The van der Waals surface area contributed by atoms with Gasteiger partial charge in [0.1, 0.15) is 0 Å². The molecule has 3 rings (SSSR count). The molecule has 2 fully saturated rings. The fourth-order valence-corrected chi connectivity index (χ4v) is 3.88. The van der Waals surface area contributed by atoms with Crippen molar-refractivity contribution >= 4 is 10.0 Å². The molecule has 0 radical (unpaired) electrons. The number of hydrogen-bond acceptors (Lipinski definition) is 5. The SMILES string of the molecule is CC(C)S(=O)(=O)N1CCC(c2nnc(C3CC3)o2)CC1. The highest BCUT2D eigenvalue weighted by molar-refractivity contribution is 7.89. The van der Waals surface area contributed by atoms with E-state index in [9.17, 15) is 8.42 Å². The molecule has 1 aliphatic heterocycles. The van der Waals surface area contributed by atoms with Crippen molar-refractivity contribution in [1.29, 1.82) is 0 Å². The molecule has 0 unspecified atom stereocenters. The lowest BCUT2D eigenvalue weighted by molar-refractivity contribution is 0.285. The number of nitrogens with zero attached hydrogens (tertiary/aromatic N) is 3. The molecule has 0 amide bonds. The van der Waals surface area contributed by atoms with Crippen LogP contribution in [0.15, 0.2) is 4.42 Å². The third-order valence-electron chi connectivity index (χ3n) is 4.14. The maximum absolute atomic E-state index is 12.1. The second-order valence-electron chi connectivity index (χ2n) is 6.02. The van der Waals surface area contributed by atoms with Crippen LogP contribution >= 0.6 is 0 Å². The van der Waals surface area contributed by atoms with Gasteiger partial charge in [-0.3, -0.25) is 0 Å². The molecule has 7 heteroatoms. The summed E-state index contributed by atoms with van der Waals surface area (Å²) >= 11 is 0. The van der Waals surface area contributed by atoms with E-state index >= 15 is 0 Å². The summed E-state index contributed by atoms with van der Waals surface area (Å²) < 4.78 is 31.5. The Balaban J connectivity index is 1.63.